The molecule has 3 atom stereocenters. The van der Waals surface area contributed by atoms with E-state index in [1.807, 2.05) is 12.1 Å². The summed E-state index contributed by atoms with van der Waals surface area (Å²) in [5.41, 5.74) is 3.17. The van der Waals surface area contributed by atoms with Crippen molar-refractivity contribution in [1.29, 1.82) is 0 Å². The maximum Gasteiger partial charge on any atom is 0.330 e. The summed E-state index contributed by atoms with van der Waals surface area (Å²) in [5, 5.41) is 11.2. The van der Waals surface area contributed by atoms with Crippen molar-refractivity contribution in [3.63, 3.8) is 0 Å². The van der Waals surface area contributed by atoms with E-state index in [-0.39, 0.29) is 12.0 Å². The molecule has 1 aliphatic heterocycles. The number of fused-ring (bicyclic) bond motifs is 1. The van der Waals surface area contributed by atoms with Gasteiger partial charge in [-0.1, -0.05) is 12.8 Å². The molecule has 1 heterocycles. The minimum Gasteiger partial charge on any atom is -0.504 e. The fourth-order valence-electron chi connectivity index (χ4n) is 6.13. The van der Waals surface area contributed by atoms with Crippen molar-refractivity contribution < 1.29 is 24.1 Å². The van der Waals surface area contributed by atoms with Gasteiger partial charge in [0, 0.05) is 30.2 Å². The van der Waals surface area contributed by atoms with E-state index in [2.05, 4.69) is 11.9 Å². The van der Waals surface area contributed by atoms with Crippen LogP contribution in [0.2, 0.25) is 0 Å². The number of rotatable bonds is 6. The molecule has 164 valence electrons. The number of carbonyl (C=O) groups is 1. The standard InChI is InChI=1S/C24H33NO5/c1-25-11-10-24-9-5-4-6-18(24)19(25)15-17-16(7-8-21(26)30-13-12-28-2)14-20(29-3)23(27)22(17)24/h7-8,14,18-19,27H,4-6,9-13,15H2,1-3H3/b8-7+. The van der Waals surface area contributed by atoms with Crippen molar-refractivity contribution in [3.8, 4) is 11.5 Å². The number of hydrogen-bond donors (Lipinski definition) is 1. The Kier molecular flexibility index (Phi) is 6.07. The van der Waals surface area contributed by atoms with Crippen molar-refractivity contribution in [3.05, 3.63) is 28.8 Å². The van der Waals surface area contributed by atoms with Gasteiger partial charge in [0.2, 0.25) is 0 Å². The number of carbonyl (C=O) groups excluding carboxylic acids is 1. The number of phenolic OH excluding ortho intramolecular Hbond substituents is 1. The Balaban J connectivity index is 1.77. The molecule has 4 rings (SSSR count). The number of ether oxygens (including phenoxy) is 3. The Bertz CT molecular complexity index is 835. The summed E-state index contributed by atoms with van der Waals surface area (Å²) in [7, 11) is 5.38. The topological polar surface area (TPSA) is 68.2 Å². The molecule has 6 nitrogen and oxygen atoms in total. The van der Waals surface area contributed by atoms with E-state index in [1.54, 1.807) is 14.2 Å². The lowest BCUT2D eigenvalue weighted by atomic mass is 9.52. The summed E-state index contributed by atoms with van der Waals surface area (Å²) in [6, 6.07) is 2.32. The van der Waals surface area contributed by atoms with Gasteiger partial charge in [-0.05, 0) is 68.5 Å². The van der Waals surface area contributed by atoms with Crippen LogP contribution >= 0.6 is 0 Å². The lowest BCUT2D eigenvalue weighted by Crippen LogP contribution is -2.60. The highest BCUT2D eigenvalue weighted by atomic mass is 16.6. The second kappa shape index (κ2) is 8.60. The van der Waals surface area contributed by atoms with E-state index in [0.717, 1.165) is 42.5 Å². The molecule has 1 saturated carbocycles. The van der Waals surface area contributed by atoms with Crippen LogP contribution < -0.4 is 4.74 Å². The summed E-state index contributed by atoms with van der Waals surface area (Å²) in [6.07, 6.45) is 9.99. The van der Waals surface area contributed by atoms with E-state index in [0.29, 0.717) is 30.1 Å². The van der Waals surface area contributed by atoms with Crippen molar-refractivity contribution in [2.24, 2.45) is 5.92 Å². The van der Waals surface area contributed by atoms with Gasteiger partial charge in [0.05, 0.1) is 13.7 Å². The first-order chi connectivity index (χ1) is 14.5. The van der Waals surface area contributed by atoms with E-state index in [1.165, 1.54) is 25.3 Å². The number of esters is 1. The second-order valence-electron chi connectivity index (χ2n) is 8.87. The fraction of sp³-hybridized carbons (Fsp3) is 0.625. The first-order valence-electron chi connectivity index (χ1n) is 11.0. The maximum atomic E-state index is 12.1. The number of likely N-dealkylation sites (tertiary alicyclic amines) is 1. The second-order valence-corrected chi connectivity index (χ2v) is 8.87. The van der Waals surface area contributed by atoms with Crippen molar-refractivity contribution in [2.45, 2.75) is 50.0 Å². The van der Waals surface area contributed by atoms with Gasteiger partial charge >= 0.3 is 5.97 Å². The van der Waals surface area contributed by atoms with Gasteiger partial charge in [-0.3, -0.25) is 0 Å². The highest BCUT2D eigenvalue weighted by Crippen LogP contribution is 2.59. The smallest absolute Gasteiger partial charge is 0.330 e. The van der Waals surface area contributed by atoms with Crippen LogP contribution in [0.1, 0.15) is 48.8 Å². The average molecular weight is 416 g/mol. The SMILES string of the molecule is COCCOC(=O)/C=C/c1cc(OC)c(O)c2c1CC1C3CCCCC23CCN1C. The summed E-state index contributed by atoms with van der Waals surface area (Å²) in [6.45, 7) is 1.66. The third kappa shape index (κ3) is 3.50. The molecule has 1 aromatic carbocycles. The maximum absolute atomic E-state index is 12.1. The molecule has 0 amide bonds. The molecule has 1 saturated heterocycles. The lowest BCUT2D eigenvalue weighted by Gasteiger charge is -2.58. The Hall–Kier alpha value is -2.05. The highest BCUT2D eigenvalue weighted by Gasteiger charge is 2.55. The third-order valence-corrected chi connectivity index (χ3v) is 7.51. The zero-order valence-corrected chi connectivity index (χ0v) is 18.3. The normalized spacial score (nSPS) is 28.1. The van der Waals surface area contributed by atoms with E-state index in [9.17, 15) is 9.90 Å². The molecule has 0 radical (unpaired) electrons. The number of hydrogen-bond acceptors (Lipinski definition) is 6. The third-order valence-electron chi connectivity index (χ3n) is 7.51. The van der Waals surface area contributed by atoms with Crippen LogP contribution in [0.15, 0.2) is 12.1 Å². The fourth-order valence-corrected chi connectivity index (χ4v) is 6.13. The zero-order chi connectivity index (χ0) is 21.3. The monoisotopic (exact) mass is 415 g/mol. The summed E-state index contributed by atoms with van der Waals surface area (Å²) in [5.74, 6) is 0.945. The predicted octanol–water partition coefficient (Wildman–Crippen LogP) is 3.29. The molecule has 30 heavy (non-hydrogen) atoms. The number of aromatic hydroxyl groups is 1. The van der Waals surface area contributed by atoms with Crippen molar-refractivity contribution >= 4 is 12.0 Å². The van der Waals surface area contributed by atoms with Crippen LogP contribution in [0.3, 0.4) is 0 Å². The molecule has 0 spiro atoms. The van der Waals surface area contributed by atoms with Crippen LogP contribution in [-0.2, 0) is 26.1 Å². The van der Waals surface area contributed by atoms with Crippen LogP contribution in [0.4, 0.5) is 0 Å². The molecule has 2 aliphatic carbocycles. The van der Waals surface area contributed by atoms with Crippen molar-refractivity contribution in [1.82, 2.24) is 4.90 Å². The van der Waals surface area contributed by atoms with Gasteiger partial charge in [0.1, 0.15) is 6.61 Å². The summed E-state index contributed by atoms with van der Waals surface area (Å²) < 4.78 is 15.6. The van der Waals surface area contributed by atoms with Gasteiger partial charge < -0.3 is 24.2 Å². The van der Waals surface area contributed by atoms with Crippen LogP contribution in [0.25, 0.3) is 6.08 Å². The molecule has 1 N–H and O–H groups in total. The number of piperidine rings is 1. The Labute approximate surface area is 178 Å². The predicted molar refractivity (Wildman–Crippen MR) is 115 cm³/mol. The number of phenols is 1. The highest BCUT2D eigenvalue weighted by molar-refractivity contribution is 5.88. The first-order valence-corrected chi connectivity index (χ1v) is 11.0. The average Bonchev–Trinajstić information content (AvgIpc) is 2.75. The first kappa shape index (κ1) is 21.2. The zero-order valence-electron chi connectivity index (χ0n) is 18.3. The van der Waals surface area contributed by atoms with E-state index < -0.39 is 5.97 Å². The molecule has 1 aromatic rings. The van der Waals surface area contributed by atoms with Gasteiger partial charge in [-0.2, -0.15) is 0 Å². The van der Waals surface area contributed by atoms with Crippen LogP contribution in [-0.4, -0.2) is 63.0 Å². The van der Waals surface area contributed by atoms with Crippen molar-refractivity contribution in [2.75, 3.05) is 41.0 Å². The molecule has 6 heteroatoms. The molecule has 3 aliphatic rings. The summed E-state index contributed by atoms with van der Waals surface area (Å²) in [4.78, 5) is 14.6. The van der Waals surface area contributed by atoms with E-state index in [4.69, 9.17) is 14.2 Å². The number of benzene rings is 1. The largest absolute Gasteiger partial charge is 0.504 e. The van der Waals surface area contributed by atoms with E-state index >= 15 is 0 Å². The van der Waals surface area contributed by atoms with Gasteiger partial charge in [0.25, 0.3) is 0 Å². The van der Waals surface area contributed by atoms with Crippen LogP contribution in [0.5, 0.6) is 11.5 Å². The molecular weight excluding hydrogens is 382 g/mol. The minimum atomic E-state index is -0.394. The Morgan fingerprint density at radius 1 is 1.30 bits per heavy atom. The molecular formula is C24H33NO5. The van der Waals surface area contributed by atoms with Gasteiger partial charge in [-0.25, -0.2) is 4.79 Å². The minimum absolute atomic E-state index is 0.00317. The molecule has 2 bridgehead atoms. The summed E-state index contributed by atoms with van der Waals surface area (Å²) >= 11 is 0. The molecule has 2 fully saturated rings. The quantitative estimate of drug-likeness (QED) is 0.437. The Morgan fingerprint density at radius 2 is 2.13 bits per heavy atom. The van der Waals surface area contributed by atoms with Gasteiger partial charge in [-0.15, -0.1) is 0 Å². The molecule has 0 aromatic heterocycles. The number of likely N-dealkylation sites (N-methyl/N-ethyl adjacent to an activating group) is 1. The van der Waals surface area contributed by atoms with Crippen LogP contribution in [0, 0.1) is 5.92 Å². The number of methoxy groups -OCH3 is 2. The Morgan fingerprint density at radius 3 is 2.90 bits per heavy atom. The van der Waals surface area contributed by atoms with Gasteiger partial charge in [0.15, 0.2) is 11.5 Å². The number of nitrogens with zero attached hydrogens (tertiary/aromatic N) is 1. The lowest BCUT2D eigenvalue weighted by molar-refractivity contribution is -0.138. The molecule has 3 unspecified atom stereocenters.